The van der Waals surface area contributed by atoms with E-state index in [-0.39, 0.29) is 12.3 Å². The number of nitrogens with zero attached hydrogens (tertiary/aromatic N) is 1. The number of nitrogens with one attached hydrogen (secondary N) is 1. The zero-order valence-corrected chi connectivity index (χ0v) is 14.9. The van der Waals surface area contributed by atoms with Crippen LogP contribution in [0.1, 0.15) is 16.7 Å². The van der Waals surface area contributed by atoms with Crippen LogP contribution in [0.3, 0.4) is 0 Å². The highest BCUT2D eigenvalue weighted by atomic mass is 127. The molecule has 0 saturated carbocycles. The molecule has 3 rings (SSSR count). The van der Waals surface area contributed by atoms with Crippen molar-refractivity contribution in [2.45, 2.75) is 6.42 Å². The minimum Gasteiger partial charge on any atom is -0.493 e. The number of benzene rings is 2. The summed E-state index contributed by atoms with van der Waals surface area (Å²) >= 11 is 2.25. The van der Waals surface area contributed by atoms with Crippen LogP contribution in [-0.2, 0) is 11.2 Å². The number of halogens is 1. The second kappa shape index (κ2) is 6.57. The number of hydrogen-bond donors (Lipinski definition) is 1. The Kier molecular flexibility index (Phi) is 4.51. The van der Waals surface area contributed by atoms with Crippen LogP contribution in [0.4, 0.5) is 0 Å². The van der Waals surface area contributed by atoms with Gasteiger partial charge in [-0.1, -0.05) is 12.1 Å². The summed E-state index contributed by atoms with van der Waals surface area (Å²) in [5, 5.41) is 4.29. The molecule has 0 aromatic heterocycles. The van der Waals surface area contributed by atoms with E-state index in [1.807, 2.05) is 36.4 Å². The lowest BCUT2D eigenvalue weighted by molar-refractivity contribution is -0.120. The summed E-state index contributed by atoms with van der Waals surface area (Å²) in [6.07, 6.45) is 0.243. The minimum absolute atomic E-state index is 0.154. The first-order valence-corrected chi connectivity index (χ1v) is 8.08. The number of fused-ring (bicyclic) bond motifs is 1. The van der Waals surface area contributed by atoms with E-state index in [1.54, 1.807) is 14.2 Å². The van der Waals surface area contributed by atoms with Crippen molar-refractivity contribution in [2.75, 3.05) is 14.2 Å². The number of rotatable bonds is 3. The highest BCUT2D eigenvalue weighted by Gasteiger charge is 2.21. The van der Waals surface area contributed by atoms with Crippen molar-refractivity contribution >= 4 is 34.2 Å². The summed E-state index contributed by atoms with van der Waals surface area (Å²) in [7, 11) is 3.17. The van der Waals surface area contributed by atoms with E-state index in [0.29, 0.717) is 17.2 Å². The number of methoxy groups -OCH3 is 2. The van der Waals surface area contributed by atoms with Gasteiger partial charge in [0.1, 0.15) is 0 Å². The SMILES string of the molecule is COc1cc2c(cc1OC)C(c1ccc(I)cc1)=NNC(=O)C2. The summed E-state index contributed by atoms with van der Waals surface area (Å²) in [6.45, 7) is 0. The Morgan fingerprint density at radius 2 is 1.74 bits per heavy atom. The Morgan fingerprint density at radius 3 is 2.39 bits per heavy atom. The first kappa shape index (κ1) is 15.8. The lowest BCUT2D eigenvalue weighted by atomic mass is 9.95. The largest absolute Gasteiger partial charge is 0.493 e. The van der Waals surface area contributed by atoms with E-state index >= 15 is 0 Å². The van der Waals surface area contributed by atoms with E-state index in [9.17, 15) is 4.79 Å². The van der Waals surface area contributed by atoms with Crippen LogP contribution in [0.5, 0.6) is 11.5 Å². The zero-order valence-electron chi connectivity index (χ0n) is 12.7. The Hall–Kier alpha value is -2.09. The second-order valence-corrected chi connectivity index (χ2v) is 6.29. The van der Waals surface area contributed by atoms with E-state index in [4.69, 9.17) is 9.47 Å². The van der Waals surface area contributed by atoms with Crippen LogP contribution in [0.15, 0.2) is 41.5 Å². The van der Waals surface area contributed by atoms with Crippen molar-refractivity contribution in [1.29, 1.82) is 0 Å². The van der Waals surface area contributed by atoms with Gasteiger partial charge in [-0.25, -0.2) is 5.43 Å². The molecule has 0 bridgehead atoms. The number of ether oxygens (including phenoxy) is 2. The molecule has 5 nitrogen and oxygen atoms in total. The van der Waals surface area contributed by atoms with Crippen molar-refractivity contribution < 1.29 is 14.3 Å². The summed E-state index contributed by atoms with van der Waals surface area (Å²) < 4.78 is 11.9. The van der Waals surface area contributed by atoms with Gasteiger partial charge in [0, 0.05) is 14.7 Å². The van der Waals surface area contributed by atoms with Crippen LogP contribution in [0, 0.1) is 3.57 Å². The summed E-state index contributed by atoms with van der Waals surface area (Å²) in [6, 6.07) is 11.7. The fraction of sp³-hybridized carbons (Fsp3) is 0.176. The predicted octanol–water partition coefficient (Wildman–Crippen LogP) is 2.73. The van der Waals surface area contributed by atoms with Crippen molar-refractivity contribution in [3.05, 3.63) is 56.7 Å². The molecule has 6 heteroatoms. The van der Waals surface area contributed by atoms with Crippen molar-refractivity contribution in [2.24, 2.45) is 5.10 Å². The Morgan fingerprint density at radius 1 is 1.09 bits per heavy atom. The number of hydrogen-bond acceptors (Lipinski definition) is 4. The normalized spacial score (nSPS) is 13.5. The van der Waals surface area contributed by atoms with Gasteiger partial charge in [0.15, 0.2) is 11.5 Å². The summed E-state index contributed by atoms with van der Waals surface area (Å²) in [5.41, 5.74) is 5.96. The third kappa shape index (κ3) is 3.17. The Bertz CT molecular complexity index is 785. The van der Waals surface area contributed by atoms with Gasteiger partial charge in [0.2, 0.25) is 5.91 Å². The zero-order chi connectivity index (χ0) is 16.4. The molecule has 0 fully saturated rings. The standard InChI is InChI=1S/C17H15IN2O3/c1-22-14-7-11-8-16(21)19-20-17(13(11)9-15(14)23-2)10-3-5-12(18)6-4-10/h3-7,9H,8H2,1-2H3,(H,19,21). The molecule has 0 unspecified atom stereocenters. The topological polar surface area (TPSA) is 59.9 Å². The second-order valence-electron chi connectivity index (χ2n) is 5.04. The molecular formula is C17H15IN2O3. The van der Waals surface area contributed by atoms with Crippen molar-refractivity contribution in [1.82, 2.24) is 5.43 Å². The van der Waals surface area contributed by atoms with Crippen LogP contribution < -0.4 is 14.9 Å². The molecular weight excluding hydrogens is 407 g/mol. The molecule has 23 heavy (non-hydrogen) atoms. The van der Waals surface area contributed by atoms with Crippen LogP contribution in [-0.4, -0.2) is 25.8 Å². The molecule has 1 aliphatic heterocycles. The van der Waals surface area contributed by atoms with Crippen molar-refractivity contribution in [3.63, 3.8) is 0 Å². The average molecular weight is 422 g/mol. The van der Waals surface area contributed by atoms with Crippen LogP contribution in [0.25, 0.3) is 0 Å². The molecule has 0 radical (unpaired) electrons. The fourth-order valence-electron chi connectivity index (χ4n) is 2.51. The van der Waals surface area contributed by atoms with Gasteiger partial charge in [0.05, 0.1) is 26.4 Å². The van der Waals surface area contributed by atoms with Gasteiger partial charge in [0.25, 0.3) is 0 Å². The third-order valence-electron chi connectivity index (χ3n) is 3.63. The first-order valence-electron chi connectivity index (χ1n) is 7.00. The summed E-state index contributed by atoms with van der Waals surface area (Å²) in [4.78, 5) is 11.9. The molecule has 1 N–H and O–H groups in total. The Labute approximate surface area is 147 Å². The molecule has 2 aromatic rings. The van der Waals surface area contributed by atoms with E-state index in [1.165, 1.54) is 0 Å². The van der Waals surface area contributed by atoms with Crippen LogP contribution >= 0.6 is 22.6 Å². The molecule has 1 aliphatic rings. The number of carbonyl (C=O) groups is 1. The smallest absolute Gasteiger partial charge is 0.244 e. The van der Waals surface area contributed by atoms with Gasteiger partial charge in [-0.2, -0.15) is 5.10 Å². The predicted molar refractivity (Wildman–Crippen MR) is 96.2 cm³/mol. The lowest BCUT2D eigenvalue weighted by Gasteiger charge is -2.14. The number of hydrazone groups is 1. The average Bonchev–Trinajstić information content (AvgIpc) is 2.72. The Balaban J connectivity index is 2.19. The molecule has 0 saturated heterocycles. The molecule has 0 atom stereocenters. The van der Waals surface area contributed by atoms with Gasteiger partial charge >= 0.3 is 0 Å². The molecule has 1 amide bonds. The number of carbonyl (C=O) groups excluding carboxylic acids is 1. The van der Waals surface area contributed by atoms with Crippen molar-refractivity contribution in [3.8, 4) is 11.5 Å². The monoisotopic (exact) mass is 422 g/mol. The van der Waals surface area contributed by atoms with E-state index in [0.717, 1.165) is 20.3 Å². The molecule has 2 aromatic carbocycles. The van der Waals surface area contributed by atoms with Gasteiger partial charge in [-0.05, 0) is 52.4 Å². The highest BCUT2D eigenvalue weighted by molar-refractivity contribution is 14.1. The third-order valence-corrected chi connectivity index (χ3v) is 4.34. The molecule has 0 spiro atoms. The maximum atomic E-state index is 11.9. The quantitative estimate of drug-likeness (QED) is 0.775. The van der Waals surface area contributed by atoms with Gasteiger partial charge < -0.3 is 9.47 Å². The fourth-order valence-corrected chi connectivity index (χ4v) is 2.87. The van der Waals surface area contributed by atoms with E-state index in [2.05, 4.69) is 33.1 Å². The highest BCUT2D eigenvalue weighted by Crippen LogP contribution is 2.33. The maximum Gasteiger partial charge on any atom is 0.244 e. The molecule has 118 valence electrons. The first-order chi connectivity index (χ1) is 11.1. The van der Waals surface area contributed by atoms with E-state index < -0.39 is 0 Å². The van der Waals surface area contributed by atoms with Gasteiger partial charge in [-0.3, -0.25) is 4.79 Å². The maximum absolute atomic E-state index is 11.9. The number of amides is 1. The molecule has 1 heterocycles. The lowest BCUT2D eigenvalue weighted by Crippen LogP contribution is -2.18. The summed E-state index contributed by atoms with van der Waals surface area (Å²) in [5.74, 6) is 1.06. The molecule has 0 aliphatic carbocycles. The van der Waals surface area contributed by atoms with Gasteiger partial charge in [-0.15, -0.1) is 0 Å². The minimum atomic E-state index is -0.154. The van der Waals surface area contributed by atoms with Crippen LogP contribution in [0.2, 0.25) is 0 Å².